The van der Waals surface area contributed by atoms with Crippen molar-refractivity contribution < 1.29 is 24.4 Å². The first-order valence-corrected chi connectivity index (χ1v) is 7.83. The Balaban J connectivity index is 2.66. The van der Waals surface area contributed by atoms with Crippen molar-refractivity contribution in [2.24, 2.45) is 0 Å². The molecule has 5 atom stereocenters. The first kappa shape index (κ1) is 17.9. The van der Waals surface area contributed by atoms with E-state index in [2.05, 4.69) is 13.8 Å². The van der Waals surface area contributed by atoms with E-state index in [-0.39, 0.29) is 12.7 Å². The van der Waals surface area contributed by atoms with Gasteiger partial charge in [0.2, 0.25) is 0 Å². The van der Waals surface area contributed by atoms with Crippen molar-refractivity contribution in [1.29, 1.82) is 0 Å². The smallest absolute Gasteiger partial charge is 0.115 e. The number of hydrogen-bond donors (Lipinski definition) is 2. The number of unbranched alkanes of at least 4 members (excludes halogenated alkanes) is 2. The summed E-state index contributed by atoms with van der Waals surface area (Å²) in [6.45, 7) is 7.05. The van der Waals surface area contributed by atoms with Gasteiger partial charge in [0.05, 0.1) is 12.7 Å². The van der Waals surface area contributed by atoms with Crippen LogP contribution in [-0.4, -0.2) is 60.6 Å². The first-order chi connectivity index (χ1) is 9.65. The molecule has 5 heteroatoms. The summed E-state index contributed by atoms with van der Waals surface area (Å²) in [6.07, 6.45) is 1.63. The van der Waals surface area contributed by atoms with Crippen LogP contribution in [0.1, 0.15) is 46.5 Å². The minimum atomic E-state index is -0.721. The van der Waals surface area contributed by atoms with Gasteiger partial charge in [-0.15, -0.1) is 0 Å². The van der Waals surface area contributed by atoms with Gasteiger partial charge < -0.3 is 24.4 Å². The molecule has 1 aliphatic rings. The third-order valence-corrected chi connectivity index (χ3v) is 3.69. The third-order valence-electron chi connectivity index (χ3n) is 3.69. The second-order valence-electron chi connectivity index (χ2n) is 5.43. The van der Waals surface area contributed by atoms with Crippen molar-refractivity contribution in [1.82, 2.24) is 0 Å². The minimum absolute atomic E-state index is 0.124. The highest BCUT2D eigenvalue weighted by atomic mass is 16.6. The lowest BCUT2D eigenvalue weighted by atomic mass is 9.95. The van der Waals surface area contributed by atoms with E-state index in [4.69, 9.17) is 14.2 Å². The Morgan fingerprint density at radius 3 is 2.05 bits per heavy atom. The molecule has 0 bridgehead atoms. The quantitative estimate of drug-likeness (QED) is 0.630. The van der Waals surface area contributed by atoms with Crippen molar-refractivity contribution in [3.8, 4) is 0 Å². The predicted molar refractivity (Wildman–Crippen MR) is 76.7 cm³/mol. The fraction of sp³-hybridized carbons (Fsp3) is 1.00. The Morgan fingerprint density at radius 1 is 1.00 bits per heavy atom. The van der Waals surface area contributed by atoms with Gasteiger partial charge in [0.15, 0.2) is 0 Å². The van der Waals surface area contributed by atoms with Crippen molar-refractivity contribution in [2.45, 2.75) is 77.0 Å². The van der Waals surface area contributed by atoms with Crippen LogP contribution in [0.5, 0.6) is 0 Å². The molecule has 1 saturated heterocycles. The van der Waals surface area contributed by atoms with Crippen molar-refractivity contribution >= 4 is 0 Å². The normalized spacial score (nSPS) is 34.4. The molecule has 0 aromatic heterocycles. The van der Waals surface area contributed by atoms with Gasteiger partial charge in [-0.3, -0.25) is 0 Å². The van der Waals surface area contributed by atoms with E-state index in [0.717, 1.165) is 25.7 Å². The summed E-state index contributed by atoms with van der Waals surface area (Å²) in [7, 11) is 0. The van der Waals surface area contributed by atoms with E-state index in [0.29, 0.717) is 13.2 Å². The summed E-state index contributed by atoms with van der Waals surface area (Å²) in [5.74, 6) is 0. The van der Waals surface area contributed by atoms with E-state index in [1.165, 1.54) is 0 Å². The van der Waals surface area contributed by atoms with Crippen LogP contribution in [0.3, 0.4) is 0 Å². The molecular weight excluding hydrogens is 260 g/mol. The second kappa shape index (κ2) is 9.68. The van der Waals surface area contributed by atoms with Crippen LogP contribution in [0.25, 0.3) is 0 Å². The van der Waals surface area contributed by atoms with E-state index in [1.807, 2.05) is 0 Å². The average molecular weight is 290 g/mol. The van der Waals surface area contributed by atoms with Crippen LogP contribution in [0.4, 0.5) is 0 Å². The van der Waals surface area contributed by atoms with Gasteiger partial charge in [-0.05, 0) is 19.8 Å². The maximum Gasteiger partial charge on any atom is 0.115 e. The zero-order valence-corrected chi connectivity index (χ0v) is 13.0. The molecule has 20 heavy (non-hydrogen) atoms. The van der Waals surface area contributed by atoms with Gasteiger partial charge in [-0.25, -0.2) is 0 Å². The van der Waals surface area contributed by atoms with E-state index < -0.39 is 24.4 Å². The molecule has 0 radical (unpaired) electrons. The SMILES string of the molecule is CCCCOC1[C@H](OCCCC)C(CO)O[C@H](C)[C@H]1O. The molecule has 2 unspecified atom stereocenters. The van der Waals surface area contributed by atoms with E-state index >= 15 is 0 Å². The molecule has 0 amide bonds. The molecule has 0 aliphatic carbocycles. The maximum absolute atomic E-state index is 10.3. The fourth-order valence-corrected chi connectivity index (χ4v) is 2.38. The van der Waals surface area contributed by atoms with Crippen LogP contribution < -0.4 is 0 Å². The van der Waals surface area contributed by atoms with Gasteiger partial charge in [-0.2, -0.15) is 0 Å². The Morgan fingerprint density at radius 2 is 1.55 bits per heavy atom. The number of ether oxygens (including phenoxy) is 3. The Bertz CT molecular complexity index is 238. The highest BCUT2D eigenvalue weighted by Gasteiger charge is 2.44. The Labute approximate surface area is 122 Å². The van der Waals surface area contributed by atoms with Crippen LogP contribution in [0, 0.1) is 0 Å². The molecule has 5 nitrogen and oxygen atoms in total. The van der Waals surface area contributed by atoms with Gasteiger partial charge in [0.1, 0.15) is 24.4 Å². The number of rotatable bonds is 9. The lowest BCUT2D eigenvalue weighted by Gasteiger charge is -2.43. The molecule has 0 spiro atoms. The van der Waals surface area contributed by atoms with Crippen LogP contribution in [0.2, 0.25) is 0 Å². The van der Waals surface area contributed by atoms with Gasteiger partial charge in [0, 0.05) is 13.2 Å². The lowest BCUT2D eigenvalue weighted by Crippen LogP contribution is -2.59. The topological polar surface area (TPSA) is 68.2 Å². The average Bonchev–Trinajstić information content (AvgIpc) is 2.45. The predicted octanol–water partition coefficient (Wildman–Crippen LogP) is 1.50. The molecule has 1 fully saturated rings. The number of aliphatic hydroxyl groups is 2. The standard InChI is InChI=1S/C15H30O5/c1-4-6-8-18-14-12(10-16)20-11(3)13(17)15(14)19-9-7-5-2/h11-17H,4-10H2,1-3H3/t11-,12?,13-,14-,15?/m1/s1. The molecule has 1 aliphatic heterocycles. The maximum atomic E-state index is 10.3. The lowest BCUT2D eigenvalue weighted by molar-refractivity contribution is -0.249. The molecule has 0 saturated carbocycles. The molecule has 120 valence electrons. The van der Waals surface area contributed by atoms with Gasteiger partial charge >= 0.3 is 0 Å². The molecule has 0 aromatic rings. The molecule has 1 rings (SSSR count). The molecule has 2 N–H and O–H groups in total. The third kappa shape index (κ3) is 4.97. The number of aliphatic hydroxyl groups excluding tert-OH is 2. The van der Waals surface area contributed by atoms with Gasteiger partial charge in [-0.1, -0.05) is 26.7 Å². The van der Waals surface area contributed by atoms with Crippen molar-refractivity contribution in [2.75, 3.05) is 19.8 Å². The molecular formula is C15H30O5. The Kier molecular flexibility index (Phi) is 8.64. The van der Waals surface area contributed by atoms with E-state index in [1.54, 1.807) is 6.92 Å². The largest absolute Gasteiger partial charge is 0.394 e. The van der Waals surface area contributed by atoms with Crippen LogP contribution in [-0.2, 0) is 14.2 Å². The number of hydrogen-bond acceptors (Lipinski definition) is 5. The summed E-state index contributed by atoms with van der Waals surface area (Å²) < 4.78 is 17.3. The summed E-state index contributed by atoms with van der Waals surface area (Å²) in [5, 5.41) is 19.7. The highest BCUT2D eigenvalue weighted by molar-refractivity contribution is 4.92. The second-order valence-corrected chi connectivity index (χ2v) is 5.43. The Hall–Kier alpha value is -0.200. The monoisotopic (exact) mass is 290 g/mol. The molecule has 0 aromatic carbocycles. The summed E-state index contributed by atoms with van der Waals surface area (Å²) in [6, 6.07) is 0. The van der Waals surface area contributed by atoms with E-state index in [9.17, 15) is 10.2 Å². The zero-order chi connectivity index (χ0) is 15.0. The zero-order valence-electron chi connectivity index (χ0n) is 13.0. The summed E-state index contributed by atoms with van der Waals surface area (Å²) >= 11 is 0. The van der Waals surface area contributed by atoms with Crippen LogP contribution in [0.15, 0.2) is 0 Å². The first-order valence-electron chi connectivity index (χ1n) is 7.83. The minimum Gasteiger partial charge on any atom is -0.394 e. The van der Waals surface area contributed by atoms with Crippen molar-refractivity contribution in [3.63, 3.8) is 0 Å². The summed E-state index contributed by atoms with van der Waals surface area (Å²) in [5.41, 5.74) is 0. The highest BCUT2D eigenvalue weighted by Crippen LogP contribution is 2.26. The summed E-state index contributed by atoms with van der Waals surface area (Å²) in [4.78, 5) is 0. The molecule has 1 heterocycles. The van der Waals surface area contributed by atoms with Crippen LogP contribution >= 0.6 is 0 Å². The van der Waals surface area contributed by atoms with Crippen molar-refractivity contribution in [3.05, 3.63) is 0 Å². The fourth-order valence-electron chi connectivity index (χ4n) is 2.38. The van der Waals surface area contributed by atoms with Gasteiger partial charge in [0.25, 0.3) is 0 Å².